The summed E-state index contributed by atoms with van der Waals surface area (Å²) >= 11 is 5.95. The van der Waals surface area contributed by atoms with Crippen molar-refractivity contribution in [1.29, 1.82) is 0 Å². The largest absolute Gasteiger partial charge is 0.355 e. The fourth-order valence-electron chi connectivity index (χ4n) is 2.44. The number of hydrogen-bond donors (Lipinski definition) is 2. The maximum Gasteiger partial charge on any atom is 0.269 e. The second-order valence-corrected chi connectivity index (χ2v) is 6.13. The van der Waals surface area contributed by atoms with E-state index >= 15 is 0 Å². The number of anilines is 2. The summed E-state index contributed by atoms with van der Waals surface area (Å²) in [5, 5.41) is 6.63. The van der Waals surface area contributed by atoms with Crippen LogP contribution in [0.2, 0.25) is 5.02 Å². The Balaban J connectivity index is 1.58. The number of hydrogen-bond acceptors (Lipinski definition) is 3. The zero-order chi connectivity index (χ0) is 18.4. The standard InChI is InChI=1S/C20H17ClFN3O/c21-15-3-1-2-14(12-15)8-10-24-20(26)19-13-18(9-11-23-19)25-17-6-4-16(22)5-7-17/h1-7,9,11-13H,8,10H2,(H,23,25)(H,24,26). The average Bonchev–Trinajstić information content (AvgIpc) is 2.64. The van der Waals surface area contributed by atoms with Crippen LogP contribution < -0.4 is 10.6 Å². The van der Waals surface area contributed by atoms with E-state index in [2.05, 4.69) is 15.6 Å². The zero-order valence-corrected chi connectivity index (χ0v) is 14.6. The van der Waals surface area contributed by atoms with Crippen LogP contribution in [0, 0.1) is 5.82 Å². The van der Waals surface area contributed by atoms with Crippen LogP contribution in [0.15, 0.2) is 66.9 Å². The summed E-state index contributed by atoms with van der Waals surface area (Å²) in [4.78, 5) is 16.4. The molecule has 0 bridgehead atoms. The molecule has 3 rings (SSSR count). The molecule has 4 nitrogen and oxygen atoms in total. The van der Waals surface area contributed by atoms with E-state index in [9.17, 15) is 9.18 Å². The van der Waals surface area contributed by atoms with Crippen LogP contribution in [0.3, 0.4) is 0 Å². The van der Waals surface area contributed by atoms with Crippen molar-refractivity contribution < 1.29 is 9.18 Å². The van der Waals surface area contributed by atoms with Crippen molar-refractivity contribution in [2.45, 2.75) is 6.42 Å². The second-order valence-electron chi connectivity index (χ2n) is 5.70. The molecule has 132 valence electrons. The average molecular weight is 370 g/mol. The summed E-state index contributed by atoms with van der Waals surface area (Å²) in [6.45, 7) is 0.483. The fraction of sp³-hybridized carbons (Fsp3) is 0.100. The lowest BCUT2D eigenvalue weighted by Crippen LogP contribution is -2.26. The highest BCUT2D eigenvalue weighted by Crippen LogP contribution is 2.17. The Morgan fingerprint density at radius 3 is 2.62 bits per heavy atom. The molecule has 0 unspecified atom stereocenters. The predicted molar refractivity (Wildman–Crippen MR) is 101 cm³/mol. The van der Waals surface area contributed by atoms with Gasteiger partial charge in [-0.2, -0.15) is 0 Å². The van der Waals surface area contributed by atoms with Crippen LogP contribution in [0.4, 0.5) is 15.8 Å². The van der Waals surface area contributed by atoms with Crippen molar-refractivity contribution in [2.75, 3.05) is 11.9 Å². The van der Waals surface area contributed by atoms with E-state index in [4.69, 9.17) is 11.6 Å². The minimum Gasteiger partial charge on any atom is -0.355 e. The maximum atomic E-state index is 13.0. The normalized spacial score (nSPS) is 10.4. The van der Waals surface area contributed by atoms with Crippen LogP contribution in [-0.4, -0.2) is 17.4 Å². The number of carbonyl (C=O) groups excluding carboxylic acids is 1. The number of halogens is 2. The van der Waals surface area contributed by atoms with Gasteiger partial charge in [0.1, 0.15) is 11.5 Å². The first-order chi connectivity index (χ1) is 12.6. The fourth-order valence-corrected chi connectivity index (χ4v) is 2.65. The Kier molecular flexibility index (Phi) is 5.81. The first-order valence-electron chi connectivity index (χ1n) is 8.11. The first-order valence-corrected chi connectivity index (χ1v) is 8.49. The number of nitrogens with one attached hydrogen (secondary N) is 2. The number of rotatable bonds is 6. The molecule has 0 saturated heterocycles. The van der Waals surface area contributed by atoms with Gasteiger partial charge >= 0.3 is 0 Å². The van der Waals surface area contributed by atoms with Crippen LogP contribution in [0.5, 0.6) is 0 Å². The second kappa shape index (κ2) is 8.45. The van der Waals surface area contributed by atoms with Crippen LogP contribution in [0.1, 0.15) is 16.1 Å². The number of nitrogens with zero attached hydrogens (tertiary/aromatic N) is 1. The van der Waals surface area contributed by atoms with Crippen LogP contribution in [-0.2, 0) is 6.42 Å². The molecule has 0 saturated carbocycles. The predicted octanol–water partition coefficient (Wildman–Crippen LogP) is 4.59. The minimum absolute atomic E-state index is 0.255. The summed E-state index contributed by atoms with van der Waals surface area (Å²) in [6.07, 6.45) is 2.23. The molecule has 26 heavy (non-hydrogen) atoms. The lowest BCUT2D eigenvalue weighted by Gasteiger charge is -2.09. The molecular weight excluding hydrogens is 353 g/mol. The summed E-state index contributed by atoms with van der Waals surface area (Å²) in [5.41, 5.74) is 2.79. The number of pyridine rings is 1. The molecule has 2 N–H and O–H groups in total. The maximum absolute atomic E-state index is 13.0. The molecule has 1 amide bonds. The molecule has 0 spiro atoms. The molecule has 0 aliphatic heterocycles. The van der Waals surface area contributed by atoms with Crippen LogP contribution >= 0.6 is 11.6 Å². The third-order valence-electron chi connectivity index (χ3n) is 3.71. The Hall–Kier alpha value is -2.92. The van der Waals surface area contributed by atoms with Gasteiger partial charge in [0.15, 0.2) is 0 Å². The molecule has 0 atom stereocenters. The summed E-state index contributed by atoms with van der Waals surface area (Å²) < 4.78 is 13.0. The third-order valence-corrected chi connectivity index (χ3v) is 3.95. The van der Waals surface area contributed by atoms with Gasteiger partial charge in [-0.25, -0.2) is 4.39 Å². The van der Waals surface area contributed by atoms with Gasteiger partial charge < -0.3 is 10.6 Å². The highest BCUT2D eigenvalue weighted by Gasteiger charge is 2.08. The van der Waals surface area contributed by atoms with Crippen molar-refractivity contribution in [3.63, 3.8) is 0 Å². The molecule has 0 radical (unpaired) electrons. The van der Waals surface area contributed by atoms with Gasteiger partial charge in [-0.05, 0) is 60.5 Å². The summed E-state index contributed by atoms with van der Waals surface area (Å²) in [6, 6.07) is 16.9. The minimum atomic E-state index is -0.301. The van der Waals surface area contributed by atoms with Gasteiger partial charge in [0, 0.05) is 29.1 Å². The van der Waals surface area contributed by atoms with Crippen LogP contribution in [0.25, 0.3) is 0 Å². The molecular formula is C20H17ClFN3O. The van der Waals surface area contributed by atoms with Crippen molar-refractivity contribution in [2.24, 2.45) is 0 Å². The van der Waals surface area contributed by atoms with Gasteiger partial charge in [0.2, 0.25) is 0 Å². The molecule has 0 fully saturated rings. The highest BCUT2D eigenvalue weighted by atomic mass is 35.5. The number of benzene rings is 2. The number of aromatic nitrogens is 1. The van der Waals surface area contributed by atoms with Gasteiger partial charge in [0.25, 0.3) is 5.91 Å². The zero-order valence-electron chi connectivity index (χ0n) is 13.9. The molecule has 3 aromatic rings. The molecule has 0 aliphatic carbocycles. The SMILES string of the molecule is O=C(NCCc1cccc(Cl)c1)c1cc(Nc2ccc(F)cc2)ccn1. The van der Waals surface area contributed by atoms with E-state index < -0.39 is 0 Å². The van der Waals surface area contributed by atoms with E-state index in [1.807, 2.05) is 24.3 Å². The Morgan fingerprint density at radius 1 is 1.04 bits per heavy atom. The Bertz CT molecular complexity index is 900. The first kappa shape index (κ1) is 17.9. The molecule has 1 aromatic heterocycles. The van der Waals surface area contributed by atoms with Crippen molar-refractivity contribution in [3.8, 4) is 0 Å². The van der Waals surface area contributed by atoms with Crippen molar-refractivity contribution in [1.82, 2.24) is 10.3 Å². The topological polar surface area (TPSA) is 54.0 Å². The van der Waals surface area contributed by atoms with Crippen molar-refractivity contribution in [3.05, 3.63) is 89.0 Å². The number of amides is 1. The molecule has 6 heteroatoms. The highest BCUT2D eigenvalue weighted by molar-refractivity contribution is 6.30. The van der Waals surface area contributed by atoms with Gasteiger partial charge in [-0.3, -0.25) is 9.78 Å². The monoisotopic (exact) mass is 369 g/mol. The quantitative estimate of drug-likeness (QED) is 0.668. The van der Waals surface area contributed by atoms with E-state index in [0.29, 0.717) is 29.4 Å². The van der Waals surface area contributed by atoms with E-state index in [1.165, 1.54) is 12.1 Å². The van der Waals surface area contributed by atoms with E-state index in [0.717, 1.165) is 11.3 Å². The van der Waals surface area contributed by atoms with Crippen molar-refractivity contribution >= 4 is 28.9 Å². The lowest BCUT2D eigenvalue weighted by atomic mass is 10.1. The summed E-state index contributed by atoms with van der Waals surface area (Å²) in [7, 11) is 0. The number of carbonyl (C=O) groups is 1. The smallest absolute Gasteiger partial charge is 0.269 e. The molecule has 2 aromatic carbocycles. The van der Waals surface area contributed by atoms with Gasteiger partial charge in [-0.1, -0.05) is 23.7 Å². The van der Waals surface area contributed by atoms with E-state index in [-0.39, 0.29) is 11.7 Å². The molecule has 1 heterocycles. The third kappa shape index (κ3) is 5.04. The Labute approximate surface area is 156 Å². The molecule has 0 aliphatic rings. The van der Waals surface area contributed by atoms with E-state index in [1.54, 1.807) is 30.5 Å². The van der Waals surface area contributed by atoms with Gasteiger partial charge in [-0.15, -0.1) is 0 Å². The lowest BCUT2D eigenvalue weighted by molar-refractivity contribution is 0.0949. The Morgan fingerprint density at radius 2 is 1.85 bits per heavy atom. The summed E-state index contributed by atoms with van der Waals surface area (Å²) in [5.74, 6) is -0.556. The van der Waals surface area contributed by atoms with Gasteiger partial charge in [0.05, 0.1) is 0 Å².